The van der Waals surface area contributed by atoms with Crippen LogP contribution in [0.1, 0.15) is 17.0 Å². The van der Waals surface area contributed by atoms with Gasteiger partial charge < -0.3 is 15.3 Å². The molecule has 1 aromatic rings. The number of hydrogen-bond donors (Lipinski definition) is 2. The molecular weight excluding hydrogens is 286 g/mol. The Labute approximate surface area is 126 Å². The van der Waals surface area contributed by atoms with Crippen molar-refractivity contribution < 1.29 is 14.8 Å². The summed E-state index contributed by atoms with van der Waals surface area (Å²) in [5, 5.41) is 23.9. The SMILES string of the molecule is Cc1ccc(C2C=C(C(=O)O)N3CCNC3=C2[N+](=O)[O-])cc1. The van der Waals surface area contributed by atoms with Crippen molar-refractivity contribution in [3.8, 4) is 0 Å². The van der Waals surface area contributed by atoms with E-state index in [1.807, 2.05) is 19.1 Å². The summed E-state index contributed by atoms with van der Waals surface area (Å²) in [7, 11) is 0. The number of benzene rings is 1. The molecule has 2 heterocycles. The molecule has 1 atom stereocenters. The third-order valence-corrected chi connectivity index (χ3v) is 3.90. The van der Waals surface area contributed by atoms with Gasteiger partial charge in [-0.2, -0.15) is 0 Å². The van der Waals surface area contributed by atoms with Crippen LogP contribution in [0.5, 0.6) is 0 Å². The van der Waals surface area contributed by atoms with E-state index in [1.165, 1.54) is 11.0 Å². The highest BCUT2D eigenvalue weighted by Gasteiger charge is 2.41. The highest BCUT2D eigenvalue weighted by Crippen LogP contribution is 2.37. The second-order valence-corrected chi connectivity index (χ2v) is 5.31. The predicted octanol–water partition coefficient (Wildman–Crippen LogP) is 1.41. The fraction of sp³-hybridized carbons (Fsp3) is 0.267. The van der Waals surface area contributed by atoms with Crippen LogP contribution < -0.4 is 5.32 Å². The van der Waals surface area contributed by atoms with Gasteiger partial charge in [0.15, 0.2) is 5.82 Å². The number of rotatable bonds is 3. The highest BCUT2D eigenvalue weighted by atomic mass is 16.6. The van der Waals surface area contributed by atoms with E-state index < -0.39 is 16.8 Å². The molecule has 1 unspecified atom stereocenters. The second-order valence-electron chi connectivity index (χ2n) is 5.31. The number of hydrogen-bond acceptors (Lipinski definition) is 5. The fourth-order valence-corrected chi connectivity index (χ4v) is 2.85. The first-order chi connectivity index (χ1) is 10.5. The van der Waals surface area contributed by atoms with Gasteiger partial charge in [-0.3, -0.25) is 10.1 Å². The maximum absolute atomic E-state index is 11.5. The lowest BCUT2D eigenvalue weighted by molar-refractivity contribution is -0.431. The molecular formula is C15H15N3O4. The molecule has 0 aromatic heterocycles. The maximum atomic E-state index is 11.5. The van der Waals surface area contributed by atoms with E-state index in [4.69, 9.17) is 0 Å². The minimum Gasteiger partial charge on any atom is -0.477 e. The Bertz CT molecular complexity index is 706. The molecule has 0 saturated carbocycles. The van der Waals surface area contributed by atoms with Crippen LogP contribution >= 0.6 is 0 Å². The molecule has 114 valence electrons. The first-order valence-corrected chi connectivity index (χ1v) is 6.90. The zero-order chi connectivity index (χ0) is 15.9. The number of carbonyl (C=O) groups is 1. The van der Waals surface area contributed by atoms with Gasteiger partial charge in [0.05, 0.1) is 10.8 Å². The number of carboxylic acids is 1. The molecule has 2 N–H and O–H groups in total. The predicted molar refractivity (Wildman–Crippen MR) is 78.4 cm³/mol. The summed E-state index contributed by atoms with van der Waals surface area (Å²) < 4.78 is 0. The molecule has 0 aliphatic carbocycles. The van der Waals surface area contributed by atoms with Crippen LogP contribution in [-0.2, 0) is 4.79 Å². The summed E-state index contributed by atoms with van der Waals surface area (Å²) >= 11 is 0. The van der Waals surface area contributed by atoms with Gasteiger partial charge in [0.2, 0.25) is 0 Å². The number of allylic oxidation sites excluding steroid dienone is 1. The number of aryl methyl sites for hydroxylation is 1. The summed E-state index contributed by atoms with van der Waals surface area (Å²) in [6.07, 6.45) is 1.46. The Balaban J connectivity index is 2.15. The molecule has 0 bridgehead atoms. The van der Waals surface area contributed by atoms with Gasteiger partial charge in [-0.1, -0.05) is 29.8 Å². The molecule has 2 aliphatic rings. The zero-order valence-corrected chi connectivity index (χ0v) is 11.9. The summed E-state index contributed by atoms with van der Waals surface area (Å²) in [4.78, 5) is 24.0. The van der Waals surface area contributed by atoms with Crippen LogP contribution in [0.25, 0.3) is 0 Å². The van der Waals surface area contributed by atoms with Crippen molar-refractivity contribution in [1.82, 2.24) is 10.2 Å². The number of nitrogens with zero attached hydrogens (tertiary/aromatic N) is 2. The molecule has 22 heavy (non-hydrogen) atoms. The third-order valence-electron chi connectivity index (χ3n) is 3.90. The Kier molecular flexibility index (Phi) is 3.32. The second kappa shape index (κ2) is 5.18. The monoisotopic (exact) mass is 301 g/mol. The van der Waals surface area contributed by atoms with Crippen molar-refractivity contribution in [3.05, 3.63) is 68.8 Å². The number of nitro groups is 1. The quantitative estimate of drug-likeness (QED) is 0.647. The van der Waals surface area contributed by atoms with Crippen molar-refractivity contribution in [3.63, 3.8) is 0 Å². The van der Waals surface area contributed by atoms with Crippen LogP contribution in [0.2, 0.25) is 0 Å². The van der Waals surface area contributed by atoms with Gasteiger partial charge in [0, 0.05) is 13.1 Å². The summed E-state index contributed by atoms with van der Waals surface area (Å²) in [5.41, 5.74) is 1.82. The maximum Gasteiger partial charge on any atom is 0.352 e. The minimum absolute atomic E-state index is 0.00801. The molecule has 0 amide bonds. The normalized spacial score (nSPS) is 20.3. The Hall–Kier alpha value is -2.83. The van der Waals surface area contributed by atoms with E-state index in [1.54, 1.807) is 12.1 Å². The van der Waals surface area contributed by atoms with Crippen LogP contribution in [0.4, 0.5) is 0 Å². The zero-order valence-electron chi connectivity index (χ0n) is 11.9. The number of nitrogens with one attached hydrogen (secondary N) is 1. The summed E-state index contributed by atoms with van der Waals surface area (Å²) in [6, 6.07) is 7.32. The van der Waals surface area contributed by atoms with Crippen molar-refractivity contribution in [2.24, 2.45) is 0 Å². The molecule has 1 aromatic carbocycles. The van der Waals surface area contributed by atoms with Crippen molar-refractivity contribution in [2.45, 2.75) is 12.8 Å². The highest BCUT2D eigenvalue weighted by molar-refractivity contribution is 5.87. The van der Waals surface area contributed by atoms with E-state index >= 15 is 0 Å². The lowest BCUT2D eigenvalue weighted by atomic mass is 9.91. The summed E-state index contributed by atoms with van der Waals surface area (Å²) in [5.74, 6) is -1.48. The number of carboxylic acid groups (broad SMARTS) is 1. The van der Waals surface area contributed by atoms with Crippen molar-refractivity contribution in [1.29, 1.82) is 0 Å². The Morgan fingerprint density at radius 2 is 2.09 bits per heavy atom. The minimum atomic E-state index is -1.08. The average molecular weight is 301 g/mol. The van der Waals surface area contributed by atoms with E-state index in [9.17, 15) is 20.0 Å². The summed E-state index contributed by atoms with van der Waals surface area (Å²) in [6.45, 7) is 2.82. The van der Waals surface area contributed by atoms with Gasteiger partial charge in [-0.15, -0.1) is 0 Å². The number of fused-ring (bicyclic) bond motifs is 1. The van der Waals surface area contributed by atoms with Crippen molar-refractivity contribution in [2.75, 3.05) is 13.1 Å². The fourth-order valence-electron chi connectivity index (χ4n) is 2.85. The smallest absolute Gasteiger partial charge is 0.352 e. The lowest BCUT2D eigenvalue weighted by Crippen LogP contribution is -2.33. The Morgan fingerprint density at radius 1 is 1.41 bits per heavy atom. The molecule has 3 rings (SSSR count). The molecule has 0 spiro atoms. The molecule has 7 heteroatoms. The van der Waals surface area contributed by atoms with Gasteiger partial charge in [0.1, 0.15) is 5.70 Å². The van der Waals surface area contributed by atoms with Gasteiger partial charge in [-0.25, -0.2) is 4.79 Å². The van der Waals surface area contributed by atoms with Crippen LogP contribution in [0, 0.1) is 17.0 Å². The lowest BCUT2D eigenvalue weighted by Gasteiger charge is -2.27. The number of aliphatic carboxylic acids is 1. The molecule has 1 saturated heterocycles. The topological polar surface area (TPSA) is 95.7 Å². The van der Waals surface area contributed by atoms with Crippen LogP contribution in [0.3, 0.4) is 0 Å². The van der Waals surface area contributed by atoms with E-state index in [-0.39, 0.29) is 17.2 Å². The molecule has 0 radical (unpaired) electrons. The molecule has 1 fully saturated rings. The van der Waals surface area contributed by atoms with Gasteiger partial charge >= 0.3 is 5.97 Å². The standard InChI is InChI=1S/C15H15N3O4/c1-9-2-4-10(5-3-9)11-8-12(15(19)20)17-7-6-16-14(17)13(11)18(21)22/h2-5,8,11,16H,6-7H2,1H3,(H,19,20). The largest absolute Gasteiger partial charge is 0.477 e. The van der Waals surface area contributed by atoms with Gasteiger partial charge in [0.25, 0.3) is 5.70 Å². The van der Waals surface area contributed by atoms with E-state index in [2.05, 4.69) is 5.32 Å². The molecule has 7 nitrogen and oxygen atoms in total. The molecule has 2 aliphatic heterocycles. The van der Waals surface area contributed by atoms with E-state index in [0.717, 1.165) is 5.56 Å². The van der Waals surface area contributed by atoms with Crippen LogP contribution in [-0.4, -0.2) is 34.0 Å². The van der Waals surface area contributed by atoms with Gasteiger partial charge in [-0.05, 0) is 18.6 Å². The first kappa shape index (κ1) is 14.1. The first-order valence-electron chi connectivity index (χ1n) is 6.90. The average Bonchev–Trinajstić information content (AvgIpc) is 2.94. The van der Waals surface area contributed by atoms with Crippen molar-refractivity contribution >= 4 is 5.97 Å². The van der Waals surface area contributed by atoms with E-state index in [0.29, 0.717) is 18.7 Å². The Morgan fingerprint density at radius 3 is 2.68 bits per heavy atom. The van der Waals surface area contributed by atoms with Crippen LogP contribution in [0.15, 0.2) is 47.6 Å². The third kappa shape index (κ3) is 2.20.